The highest BCUT2D eigenvalue weighted by Crippen LogP contribution is 2.54. The molecule has 0 spiro atoms. The molecule has 1 aliphatic heterocycles. The van der Waals surface area contributed by atoms with Gasteiger partial charge in [-0.3, -0.25) is 0 Å². The Morgan fingerprint density at radius 3 is 2.91 bits per heavy atom. The van der Waals surface area contributed by atoms with E-state index in [9.17, 15) is 0 Å². The van der Waals surface area contributed by atoms with Gasteiger partial charge in [-0.2, -0.15) is 0 Å². The minimum atomic E-state index is 0.568. The normalized spacial score (nSPS) is 40.5. The van der Waals surface area contributed by atoms with Gasteiger partial charge in [-0.05, 0) is 24.9 Å². The second-order valence-electron chi connectivity index (χ2n) is 3.29. The molecule has 3 rings (SSSR count). The second-order valence-corrected chi connectivity index (χ2v) is 3.29. The number of fused-ring (bicyclic) bond motifs is 1. The SMILES string of the molecule is c1nnc(C2C3CNC[C@@H]32)o1. The Hall–Kier alpha value is -0.900. The van der Waals surface area contributed by atoms with Crippen LogP contribution in [0.3, 0.4) is 0 Å². The summed E-state index contributed by atoms with van der Waals surface area (Å²) in [4.78, 5) is 0. The van der Waals surface area contributed by atoms with Crippen LogP contribution in [-0.2, 0) is 0 Å². The molecule has 1 aromatic rings. The number of hydrogen-bond acceptors (Lipinski definition) is 4. The summed E-state index contributed by atoms with van der Waals surface area (Å²) in [5.74, 6) is 2.95. The number of hydrogen-bond donors (Lipinski definition) is 1. The van der Waals surface area contributed by atoms with Crippen LogP contribution in [-0.4, -0.2) is 23.3 Å². The highest BCUT2D eigenvalue weighted by Gasteiger charge is 2.56. The van der Waals surface area contributed by atoms with E-state index in [1.165, 1.54) is 6.39 Å². The number of aromatic nitrogens is 2. The van der Waals surface area contributed by atoms with Crippen molar-refractivity contribution in [2.75, 3.05) is 13.1 Å². The van der Waals surface area contributed by atoms with E-state index >= 15 is 0 Å². The van der Waals surface area contributed by atoms with Crippen molar-refractivity contribution in [3.63, 3.8) is 0 Å². The van der Waals surface area contributed by atoms with Crippen molar-refractivity contribution in [2.24, 2.45) is 11.8 Å². The summed E-state index contributed by atoms with van der Waals surface area (Å²) in [6, 6.07) is 0. The van der Waals surface area contributed by atoms with Crippen LogP contribution < -0.4 is 5.32 Å². The molecule has 1 saturated heterocycles. The Morgan fingerprint density at radius 2 is 2.27 bits per heavy atom. The summed E-state index contributed by atoms with van der Waals surface area (Å²) >= 11 is 0. The summed E-state index contributed by atoms with van der Waals surface area (Å²) in [7, 11) is 0. The lowest BCUT2D eigenvalue weighted by molar-refractivity contribution is 0.471. The van der Waals surface area contributed by atoms with Crippen LogP contribution >= 0.6 is 0 Å². The maximum atomic E-state index is 5.14. The third-order valence-electron chi connectivity index (χ3n) is 2.75. The number of rotatable bonds is 1. The molecule has 2 unspecified atom stereocenters. The summed E-state index contributed by atoms with van der Waals surface area (Å²) in [5.41, 5.74) is 0. The van der Waals surface area contributed by atoms with Gasteiger partial charge in [0, 0.05) is 5.92 Å². The van der Waals surface area contributed by atoms with Crippen LogP contribution in [0.1, 0.15) is 11.8 Å². The van der Waals surface area contributed by atoms with Gasteiger partial charge in [0.05, 0.1) is 0 Å². The molecule has 4 nitrogen and oxygen atoms in total. The molecule has 4 heteroatoms. The molecule has 58 valence electrons. The van der Waals surface area contributed by atoms with Crippen molar-refractivity contribution in [3.8, 4) is 0 Å². The van der Waals surface area contributed by atoms with Gasteiger partial charge in [0.1, 0.15) is 0 Å². The Balaban J connectivity index is 1.85. The Bertz CT molecular complexity index is 249. The zero-order valence-electron chi connectivity index (χ0n) is 6.03. The molecule has 11 heavy (non-hydrogen) atoms. The summed E-state index contributed by atoms with van der Waals surface area (Å²) in [5, 5.41) is 10.9. The Labute approximate surface area is 64.0 Å². The van der Waals surface area contributed by atoms with E-state index in [4.69, 9.17) is 4.42 Å². The van der Waals surface area contributed by atoms with Gasteiger partial charge in [-0.15, -0.1) is 10.2 Å². The van der Waals surface area contributed by atoms with E-state index in [1.54, 1.807) is 0 Å². The fourth-order valence-electron chi connectivity index (χ4n) is 2.11. The zero-order valence-corrected chi connectivity index (χ0v) is 6.03. The van der Waals surface area contributed by atoms with Crippen LogP contribution in [0.25, 0.3) is 0 Å². The topological polar surface area (TPSA) is 51.0 Å². The van der Waals surface area contributed by atoms with Gasteiger partial charge in [-0.1, -0.05) is 0 Å². The van der Waals surface area contributed by atoms with Crippen molar-refractivity contribution in [1.29, 1.82) is 0 Å². The zero-order chi connectivity index (χ0) is 7.26. The summed E-state index contributed by atoms with van der Waals surface area (Å²) in [6.07, 6.45) is 1.41. The first-order valence-electron chi connectivity index (χ1n) is 3.93. The standard InChI is InChI=1S/C7H9N3O/c1-4-5(2-8-1)6(4)7-10-9-3-11-7/h3-6,8H,1-2H2/t4-,5?,6?/m0/s1. The highest BCUT2D eigenvalue weighted by atomic mass is 16.4. The minimum absolute atomic E-state index is 0.568. The predicted octanol–water partition coefficient (Wildman–Crippen LogP) is 0.00240. The number of nitrogens with one attached hydrogen (secondary N) is 1. The Morgan fingerprint density at radius 1 is 1.45 bits per heavy atom. The third-order valence-corrected chi connectivity index (χ3v) is 2.75. The first-order valence-corrected chi connectivity index (χ1v) is 3.93. The fraction of sp³-hybridized carbons (Fsp3) is 0.714. The second kappa shape index (κ2) is 1.82. The van der Waals surface area contributed by atoms with Crippen LogP contribution in [0.15, 0.2) is 10.8 Å². The largest absolute Gasteiger partial charge is 0.428 e. The van der Waals surface area contributed by atoms with E-state index in [0.717, 1.165) is 30.8 Å². The van der Waals surface area contributed by atoms with E-state index in [2.05, 4.69) is 15.5 Å². The number of piperidine rings is 1. The number of nitrogens with zero attached hydrogens (tertiary/aromatic N) is 2. The highest BCUT2D eigenvalue weighted by molar-refractivity contribution is 5.16. The fourth-order valence-corrected chi connectivity index (χ4v) is 2.11. The van der Waals surface area contributed by atoms with Gasteiger partial charge in [0.15, 0.2) is 0 Å². The lowest BCUT2D eigenvalue weighted by Gasteiger charge is -1.97. The van der Waals surface area contributed by atoms with Gasteiger partial charge < -0.3 is 9.73 Å². The molecule has 0 amide bonds. The maximum absolute atomic E-state index is 5.14. The molecule has 2 fully saturated rings. The van der Waals surface area contributed by atoms with E-state index in [-0.39, 0.29) is 0 Å². The van der Waals surface area contributed by atoms with Crippen molar-refractivity contribution >= 4 is 0 Å². The molecule has 2 heterocycles. The van der Waals surface area contributed by atoms with Crippen molar-refractivity contribution < 1.29 is 4.42 Å². The molecule has 1 aromatic heterocycles. The van der Waals surface area contributed by atoms with Gasteiger partial charge in [0.2, 0.25) is 12.3 Å². The smallest absolute Gasteiger partial charge is 0.219 e. The van der Waals surface area contributed by atoms with Crippen LogP contribution in [0, 0.1) is 11.8 Å². The lowest BCUT2D eigenvalue weighted by atomic mass is 10.3. The average molecular weight is 151 g/mol. The van der Waals surface area contributed by atoms with Crippen LogP contribution in [0.4, 0.5) is 0 Å². The minimum Gasteiger partial charge on any atom is -0.428 e. The maximum Gasteiger partial charge on any atom is 0.219 e. The molecular weight excluding hydrogens is 142 g/mol. The van der Waals surface area contributed by atoms with Gasteiger partial charge in [-0.25, -0.2) is 0 Å². The van der Waals surface area contributed by atoms with Gasteiger partial charge in [0.25, 0.3) is 0 Å². The van der Waals surface area contributed by atoms with Crippen LogP contribution in [0.5, 0.6) is 0 Å². The van der Waals surface area contributed by atoms with Crippen molar-refractivity contribution in [2.45, 2.75) is 5.92 Å². The average Bonchev–Trinajstić information content (AvgIpc) is 2.57. The molecule has 0 radical (unpaired) electrons. The third kappa shape index (κ3) is 0.673. The Kier molecular flexibility index (Phi) is 0.946. The van der Waals surface area contributed by atoms with E-state index in [0.29, 0.717) is 5.92 Å². The first kappa shape index (κ1) is 5.71. The molecule has 0 bridgehead atoms. The molecule has 3 atom stereocenters. The van der Waals surface area contributed by atoms with Crippen molar-refractivity contribution in [3.05, 3.63) is 12.3 Å². The predicted molar refractivity (Wildman–Crippen MR) is 36.9 cm³/mol. The molecule has 1 saturated carbocycles. The quantitative estimate of drug-likeness (QED) is 0.614. The van der Waals surface area contributed by atoms with E-state index < -0.39 is 0 Å². The van der Waals surface area contributed by atoms with E-state index in [1.807, 2.05) is 0 Å². The first-order chi connectivity index (χ1) is 5.47. The summed E-state index contributed by atoms with van der Waals surface area (Å²) in [6.45, 7) is 2.25. The monoisotopic (exact) mass is 151 g/mol. The molecule has 1 N–H and O–H groups in total. The van der Waals surface area contributed by atoms with Crippen molar-refractivity contribution in [1.82, 2.24) is 15.5 Å². The van der Waals surface area contributed by atoms with Crippen LogP contribution in [0.2, 0.25) is 0 Å². The molecule has 2 aliphatic rings. The molecule has 0 aromatic carbocycles. The molecule has 1 aliphatic carbocycles. The van der Waals surface area contributed by atoms with Gasteiger partial charge >= 0.3 is 0 Å². The molecular formula is C7H9N3O. The lowest BCUT2D eigenvalue weighted by Crippen LogP contribution is -2.14. The summed E-state index contributed by atoms with van der Waals surface area (Å²) < 4.78 is 5.14.